The van der Waals surface area contributed by atoms with Crippen LogP contribution in [0.15, 0.2) is 40.2 Å². The lowest BCUT2D eigenvalue weighted by Gasteiger charge is -2.22. The molecule has 3 aromatic rings. The Balaban J connectivity index is 1.50. The van der Waals surface area contributed by atoms with Gasteiger partial charge in [-0.2, -0.15) is 0 Å². The van der Waals surface area contributed by atoms with Gasteiger partial charge in [-0.3, -0.25) is 9.79 Å². The molecule has 2 fully saturated rings. The van der Waals surface area contributed by atoms with Crippen molar-refractivity contribution in [1.82, 2.24) is 4.57 Å². The molecule has 2 aromatic carbocycles. The van der Waals surface area contributed by atoms with Crippen molar-refractivity contribution in [2.45, 2.75) is 31.3 Å². The number of fused-ring (bicyclic) bond motifs is 1. The topological polar surface area (TPSA) is 74.9 Å². The minimum atomic E-state index is -1.45. The van der Waals surface area contributed by atoms with Gasteiger partial charge in [0, 0.05) is 37.6 Å². The van der Waals surface area contributed by atoms with Crippen molar-refractivity contribution < 1.29 is 27.5 Å². The Bertz CT molecular complexity index is 1390. The first-order valence-electron chi connectivity index (χ1n) is 10.8. The summed E-state index contributed by atoms with van der Waals surface area (Å²) in [4.78, 5) is 29.9. The van der Waals surface area contributed by atoms with E-state index in [-0.39, 0.29) is 47.3 Å². The van der Waals surface area contributed by atoms with Crippen LogP contribution in [0.2, 0.25) is 0 Å². The second-order valence-corrected chi connectivity index (χ2v) is 8.60. The average molecular weight is 473 g/mol. The summed E-state index contributed by atoms with van der Waals surface area (Å²) in [5, 5.41) is 9.03. The fraction of sp³-hybridized carbons (Fsp3) is 0.292. The lowest BCUT2D eigenvalue weighted by Crippen LogP contribution is -2.25. The van der Waals surface area contributed by atoms with Gasteiger partial charge in [0.2, 0.25) is 5.43 Å². The highest BCUT2D eigenvalue weighted by molar-refractivity contribution is 5.94. The molecule has 0 amide bonds. The molecule has 0 bridgehead atoms. The normalized spacial score (nSPS) is 18.4. The van der Waals surface area contributed by atoms with E-state index in [1.807, 2.05) is 0 Å². The lowest BCUT2D eigenvalue weighted by atomic mass is 10.1. The number of hydrogen-bond donors (Lipinski definition) is 1. The highest BCUT2D eigenvalue weighted by atomic mass is 19.1. The van der Waals surface area contributed by atoms with Gasteiger partial charge in [-0.25, -0.2) is 22.4 Å². The van der Waals surface area contributed by atoms with Crippen LogP contribution in [0.5, 0.6) is 0 Å². The Morgan fingerprint density at radius 1 is 1.06 bits per heavy atom. The SMILES string of the molecule is O=C(O)c1cn(C2CC2)c2c(F)c(N3CCC(N=Cc4cc(F)cc(F)c4)C3)c(F)cc2c1=O. The highest BCUT2D eigenvalue weighted by Gasteiger charge is 2.32. The Morgan fingerprint density at radius 2 is 1.76 bits per heavy atom. The number of carbonyl (C=O) groups is 1. The molecule has 176 valence electrons. The van der Waals surface area contributed by atoms with E-state index in [0.717, 1.165) is 30.5 Å². The number of aliphatic imine (C=N–C) groups is 1. The summed E-state index contributed by atoms with van der Waals surface area (Å²) >= 11 is 0. The van der Waals surface area contributed by atoms with E-state index in [2.05, 4.69) is 4.99 Å². The van der Waals surface area contributed by atoms with Crippen LogP contribution in [0, 0.1) is 23.3 Å². The molecule has 10 heteroatoms. The molecular weight excluding hydrogens is 454 g/mol. The fourth-order valence-corrected chi connectivity index (χ4v) is 4.42. The summed E-state index contributed by atoms with van der Waals surface area (Å²) in [7, 11) is 0. The predicted molar refractivity (Wildman–Crippen MR) is 118 cm³/mol. The molecule has 5 rings (SSSR count). The summed E-state index contributed by atoms with van der Waals surface area (Å²) in [6, 6.07) is 3.39. The number of hydrogen-bond acceptors (Lipinski definition) is 4. The third-order valence-corrected chi connectivity index (χ3v) is 6.15. The van der Waals surface area contributed by atoms with Gasteiger partial charge in [-0.05, 0) is 43.0 Å². The second kappa shape index (κ2) is 8.27. The maximum atomic E-state index is 15.7. The number of aromatic nitrogens is 1. The predicted octanol–water partition coefficient (Wildman–Crippen LogP) is 4.29. The molecule has 0 spiro atoms. The molecule has 6 nitrogen and oxygen atoms in total. The monoisotopic (exact) mass is 473 g/mol. The quantitative estimate of drug-likeness (QED) is 0.443. The highest BCUT2D eigenvalue weighted by Crippen LogP contribution is 2.40. The van der Waals surface area contributed by atoms with Crippen molar-refractivity contribution in [3.63, 3.8) is 0 Å². The van der Waals surface area contributed by atoms with Crippen molar-refractivity contribution in [3.8, 4) is 0 Å². The molecule has 1 unspecified atom stereocenters. The van der Waals surface area contributed by atoms with Crippen LogP contribution in [0.1, 0.15) is 41.2 Å². The van der Waals surface area contributed by atoms with Gasteiger partial charge in [-0.1, -0.05) is 0 Å². The molecule has 1 N–H and O–H groups in total. The number of rotatable bonds is 5. The zero-order valence-corrected chi connectivity index (χ0v) is 17.8. The van der Waals surface area contributed by atoms with Gasteiger partial charge in [0.15, 0.2) is 5.82 Å². The van der Waals surface area contributed by atoms with E-state index < -0.39 is 40.2 Å². The smallest absolute Gasteiger partial charge is 0.341 e. The first kappa shape index (κ1) is 22.1. The van der Waals surface area contributed by atoms with E-state index >= 15 is 8.78 Å². The molecular formula is C24H19F4N3O3. The molecule has 1 aliphatic heterocycles. The van der Waals surface area contributed by atoms with Crippen molar-refractivity contribution in [1.29, 1.82) is 0 Å². The van der Waals surface area contributed by atoms with Gasteiger partial charge in [-0.15, -0.1) is 0 Å². The molecule has 1 saturated carbocycles. The molecule has 2 heterocycles. The van der Waals surface area contributed by atoms with Gasteiger partial charge in [0.1, 0.15) is 28.7 Å². The minimum Gasteiger partial charge on any atom is -0.477 e. The molecule has 34 heavy (non-hydrogen) atoms. The van der Waals surface area contributed by atoms with Crippen LogP contribution in [0.3, 0.4) is 0 Å². The number of carboxylic acids is 1. The maximum Gasteiger partial charge on any atom is 0.341 e. The number of carboxylic acid groups (broad SMARTS) is 1. The average Bonchev–Trinajstić information content (AvgIpc) is 3.50. The van der Waals surface area contributed by atoms with E-state index in [1.54, 1.807) is 0 Å². The maximum absolute atomic E-state index is 15.7. The molecule has 1 aliphatic carbocycles. The van der Waals surface area contributed by atoms with Gasteiger partial charge in [0.05, 0.1) is 16.9 Å². The minimum absolute atomic E-state index is 0.115. The molecule has 2 aliphatic rings. The summed E-state index contributed by atoms with van der Waals surface area (Å²) in [5.41, 5.74) is -1.65. The van der Waals surface area contributed by atoms with Crippen LogP contribution in [0.4, 0.5) is 23.2 Å². The van der Waals surface area contributed by atoms with Crippen LogP contribution in [0.25, 0.3) is 10.9 Å². The van der Waals surface area contributed by atoms with Gasteiger partial charge < -0.3 is 14.6 Å². The number of anilines is 1. The molecule has 1 atom stereocenters. The van der Waals surface area contributed by atoms with Crippen LogP contribution in [-0.4, -0.2) is 41.0 Å². The number of nitrogens with zero attached hydrogens (tertiary/aromatic N) is 3. The van der Waals surface area contributed by atoms with Crippen LogP contribution >= 0.6 is 0 Å². The summed E-state index contributed by atoms with van der Waals surface area (Å²) in [6.07, 6.45) is 4.31. The zero-order valence-electron chi connectivity index (χ0n) is 17.8. The van der Waals surface area contributed by atoms with Crippen molar-refractivity contribution in [2.75, 3.05) is 18.0 Å². The Morgan fingerprint density at radius 3 is 2.41 bits per heavy atom. The second-order valence-electron chi connectivity index (χ2n) is 8.60. The van der Waals surface area contributed by atoms with Crippen molar-refractivity contribution in [3.05, 3.63) is 75.1 Å². The third-order valence-electron chi connectivity index (χ3n) is 6.15. The number of pyridine rings is 1. The Kier molecular flexibility index (Phi) is 5.38. The summed E-state index contributed by atoms with van der Waals surface area (Å²) in [6.45, 7) is 0.439. The zero-order chi connectivity index (χ0) is 24.1. The molecule has 0 radical (unpaired) electrons. The van der Waals surface area contributed by atoms with Gasteiger partial charge in [0.25, 0.3) is 0 Å². The van der Waals surface area contributed by atoms with Crippen LogP contribution in [-0.2, 0) is 0 Å². The standard InChI is InChI=1S/C24H19F4N3O3/c25-13-5-12(6-14(26)7-13)9-29-15-3-4-30(10-15)22-19(27)8-17-21(20(22)28)31(16-1-2-16)11-18(23(17)32)24(33)34/h5-9,11,15-16H,1-4,10H2,(H,33,34). The largest absolute Gasteiger partial charge is 0.477 e. The van der Waals surface area contributed by atoms with E-state index in [1.165, 1.54) is 15.7 Å². The third kappa shape index (κ3) is 3.93. The lowest BCUT2D eigenvalue weighted by molar-refractivity contribution is 0.0694. The first-order chi connectivity index (χ1) is 16.2. The van der Waals surface area contributed by atoms with Crippen LogP contribution < -0.4 is 10.3 Å². The van der Waals surface area contributed by atoms with Gasteiger partial charge >= 0.3 is 5.97 Å². The molecule has 1 saturated heterocycles. The first-order valence-corrected chi connectivity index (χ1v) is 10.8. The van der Waals surface area contributed by atoms with E-state index in [0.29, 0.717) is 19.3 Å². The number of aromatic carboxylic acids is 1. The number of halogens is 4. The Labute approximate surface area is 190 Å². The molecule has 1 aromatic heterocycles. The Hall–Kier alpha value is -3.69. The van der Waals surface area contributed by atoms with E-state index in [9.17, 15) is 23.5 Å². The summed E-state index contributed by atoms with van der Waals surface area (Å²) in [5.74, 6) is -4.81. The number of benzene rings is 2. The fourth-order valence-electron chi connectivity index (χ4n) is 4.42. The van der Waals surface area contributed by atoms with E-state index in [4.69, 9.17) is 0 Å². The summed E-state index contributed by atoms with van der Waals surface area (Å²) < 4.78 is 58.9. The van der Waals surface area contributed by atoms with Crippen molar-refractivity contribution in [2.24, 2.45) is 4.99 Å². The van der Waals surface area contributed by atoms with Crippen molar-refractivity contribution >= 4 is 28.8 Å².